The fourth-order valence-electron chi connectivity index (χ4n) is 1.67. The monoisotopic (exact) mass is 361 g/mol. The molecule has 0 spiro atoms. The van der Waals surface area contributed by atoms with Crippen molar-refractivity contribution in [2.75, 3.05) is 11.9 Å². The van der Waals surface area contributed by atoms with Crippen LogP contribution in [0.4, 0.5) is 10.1 Å². The molecule has 1 amide bonds. The van der Waals surface area contributed by atoms with Gasteiger partial charge in [0.05, 0.1) is 15.1 Å². The summed E-state index contributed by atoms with van der Waals surface area (Å²) in [5, 5.41) is 3.36. The van der Waals surface area contributed by atoms with Crippen LogP contribution >= 0.6 is 34.8 Å². The van der Waals surface area contributed by atoms with Gasteiger partial charge in [0, 0.05) is 11.8 Å². The second-order valence-corrected chi connectivity index (χ2v) is 5.71. The van der Waals surface area contributed by atoms with Crippen molar-refractivity contribution >= 4 is 46.4 Å². The summed E-state index contributed by atoms with van der Waals surface area (Å²) >= 11 is 17.6. The lowest BCUT2D eigenvalue weighted by molar-refractivity contribution is -0.118. The van der Waals surface area contributed by atoms with E-state index in [-0.39, 0.29) is 22.4 Å². The van der Waals surface area contributed by atoms with Crippen LogP contribution < -0.4 is 10.1 Å². The second kappa shape index (κ2) is 7.18. The Labute approximate surface area is 141 Å². The molecule has 0 aromatic heterocycles. The third-order valence-corrected chi connectivity index (χ3v) is 3.82. The highest BCUT2D eigenvalue weighted by molar-refractivity contribution is 6.43. The normalized spacial score (nSPS) is 10.4. The molecular weight excluding hydrogens is 352 g/mol. The number of carbonyl (C=O) groups is 1. The van der Waals surface area contributed by atoms with E-state index in [1.54, 1.807) is 13.0 Å². The molecule has 0 radical (unpaired) electrons. The van der Waals surface area contributed by atoms with Crippen LogP contribution in [-0.4, -0.2) is 12.5 Å². The van der Waals surface area contributed by atoms with Crippen LogP contribution in [0.5, 0.6) is 5.75 Å². The lowest BCUT2D eigenvalue weighted by atomic mass is 10.2. The second-order valence-electron chi connectivity index (χ2n) is 4.49. The minimum Gasteiger partial charge on any atom is -0.482 e. The molecule has 0 saturated carbocycles. The van der Waals surface area contributed by atoms with Crippen LogP contribution in [0.25, 0.3) is 0 Å². The van der Waals surface area contributed by atoms with Gasteiger partial charge in [0.15, 0.2) is 6.61 Å². The van der Waals surface area contributed by atoms with E-state index in [1.165, 1.54) is 24.3 Å². The molecule has 116 valence electrons. The van der Waals surface area contributed by atoms with Gasteiger partial charge in [-0.15, -0.1) is 0 Å². The molecular formula is C15H11Cl3FNO2. The standard InChI is InChI=1S/C15H11Cl3FNO2/c1-8-2-3-9(19)4-13(8)20-15(21)7-22-14-6-11(17)10(16)5-12(14)18/h2-6H,7H2,1H3,(H,20,21). The van der Waals surface area contributed by atoms with E-state index >= 15 is 0 Å². The third kappa shape index (κ3) is 4.26. The number of nitrogens with one attached hydrogen (secondary N) is 1. The average molecular weight is 363 g/mol. The first-order valence-corrected chi connectivity index (χ1v) is 7.33. The first-order valence-electron chi connectivity index (χ1n) is 6.20. The maximum Gasteiger partial charge on any atom is 0.262 e. The Kier molecular flexibility index (Phi) is 5.51. The number of anilines is 1. The van der Waals surface area contributed by atoms with Gasteiger partial charge in [0.1, 0.15) is 11.6 Å². The third-order valence-electron chi connectivity index (χ3n) is 2.81. The zero-order valence-electron chi connectivity index (χ0n) is 11.4. The van der Waals surface area contributed by atoms with E-state index in [2.05, 4.69) is 5.32 Å². The molecule has 3 nitrogen and oxygen atoms in total. The van der Waals surface area contributed by atoms with Crippen LogP contribution in [0.2, 0.25) is 15.1 Å². The van der Waals surface area contributed by atoms with Crippen molar-refractivity contribution in [1.29, 1.82) is 0 Å². The Morgan fingerprint density at radius 2 is 1.82 bits per heavy atom. The highest BCUT2D eigenvalue weighted by atomic mass is 35.5. The van der Waals surface area contributed by atoms with Gasteiger partial charge in [-0.3, -0.25) is 4.79 Å². The number of halogens is 4. The minimum atomic E-state index is -0.448. The summed E-state index contributed by atoms with van der Waals surface area (Å²) in [6, 6.07) is 6.97. The van der Waals surface area contributed by atoms with Crippen molar-refractivity contribution in [2.45, 2.75) is 6.92 Å². The Bertz CT molecular complexity index is 722. The van der Waals surface area contributed by atoms with Crippen LogP contribution in [0, 0.1) is 12.7 Å². The summed E-state index contributed by atoms with van der Waals surface area (Å²) < 4.78 is 18.5. The van der Waals surface area contributed by atoms with Gasteiger partial charge in [-0.05, 0) is 30.7 Å². The molecule has 0 aliphatic carbocycles. The van der Waals surface area contributed by atoms with Gasteiger partial charge in [0.2, 0.25) is 0 Å². The molecule has 0 aliphatic heterocycles. The van der Waals surface area contributed by atoms with E-state index in [1.807, 2.05) is 0 Å². The lowest BCUT2D eigenvalue weighted by Gasteiger charge is -2.11. The largest absolute Gasteiger partial charge is 0.482 e. The Morgan fingerprint density at radius 3 is 2.55 bits per heavy atom. The Hall–Kier alpha value is -1.49. The zero-order valence-corrected chi connectivity index (χ0v) is 13.7. The SMILES string of the molecule is Cc1ccc(F)cc1NC(=O)COc1cc(Cl)c(Cl)cc1Cl. The minimum absolute atomic E-state index is 0.238. The molecule has 0 saturated heterocycles. The van der Waals surface area contributed by atoms with E-state index in [0.29, 0.717) is 10.7 Å². The van der Waals surface area contributed by atoms with Crippen LogP contribution in [0.15, 0.2) is 30.3 Å². The number of benzene rings is 2. The van der Waals surface area contributed by atoms with Gasteiger partial charge >= 0.3 is 0 Å². The van der Waals surface area contributed by atoms with E-state index < -0.39 is 11.7 Å². The average Bonchev–Trinajstić information content (AvgIpc) is 2.45. The van der Waals surface area contributed by atoms with Gasteiger partial charge < -0.3 is 10.1 Å². The molecule has 2 rings (SSSR count). The van der Waals surface area contributed by atoms with Crippen molar-refractivity contribution in [1.82, 2.24) is 0 Å². The van der Waals surface area contributed by atoms with Crippen molar-refractivity contribution in [2.24, 2.45) is 0 Å². The summed E-state index contributed by atoms with van der Waals surface area (Å²) in [7, 11) is 0. The fourth-order valence-corrected chi connectivity index (χ4v) is 2.26. The molecule has 0 heterocycles. The molecule has 1 N–H and O–H groups in total. The van der Waals surface area contributed by atoms with Crippen molar-refractivity contribution in [3.8, 4) is 5.75 Å². The molecule has 2 aromatic rings. The van der Waals surface area contributed by atoms with Crippen molar-refractivity contribution in [3.63, 3.8) is 0 Å². The quantitative estimate of drug-likeness (QED) is 0.767. The number of hydrogen-bond acceptors (Lipinski definition) is 2. The smallest absolute Gasteiger partial charge is 0.262 e. The fraction of sp³-hybridized carbons (Fsp3) is 0.133. The number of hydrogen-bond donors (Lipinski definition) is 1. The zero-order chi connectivity index (χ0) is 16.3. The predicted octanol–water partition coefficient (Wildman–Crippen LogP) is 5.11. The van der Waals surface area contributed by atoms with Crippen LogP contribution in [0.3, 0.4) is 0 Å². The highest BCUT2D eigenvalue weighted by Crippen LogP contribution is 2.33. The maximum atomic E-state index is 13.2. The molecule has 0 fully saturated rings. The first-order chi connectivity index (χ1) is 10.4. The van der Waals surface area contributed by atoms with Crippen molar-refractivity contribution < 1.29 is 13.9 Å². The summed E-state index contributed by atoms with van der Waals surface area (Å²) in [6.45, 7) is 1.46. The highest BCUT2D eigenvalue weighted by Gasteiger charge is 2.11. The van der Waals surface area contributed by atoms with Gasteiger partial charge in [-0.2, -0.15) is 0 Å². The molecule has 2 aromatic carbocycles. The summed E-state index contributed by atoms with van der Waals surface area (Å²) in [6.07, 6.45) is 0. The van der Waals surface area contributed by atoms with Gasteiger partial charge in [-0.25, -0.2) is 4.39 Å². The topological polar surface area (TPSA) is 38.3 Å². The van der Waals surface area contributed by atoms with E-state index in [9.17, 15) is 9.18 Å². The predicted molar refractivity (Wildman–Crippen MR) is 86.7 cm³/mol. The Balaban J connectivity index is 2.01. The van der Waals surface area contributed by atoms with Gasteiger partial charge in [0.25, 0.3) is 5.91 Å². The van der Waals surface area contributed by atoms with Gasteiger partial charge in [-0.1, -0.05) is 40.9 Å². The number of rotatable bonds is 4. The van der Waals surface area contributed by atoms with Crippen LogP contribution in [0.1, 0.15) is 5.56 Å². The Morgan fingerprint density at radius 1 is 1.14 bits per heavy atom. The van der Waals surface area contributed by atoms with E-state index in [4.69, 9.17) is 39.5 Å². The molecule has 7 heteroatoms. The summed E-state index contributed by atoms with van der Waals surface area (Å²) in [5.74, 6) is -0.646. The molecule has 0 aliphatic rings. The number of amides is 1. The first kappa shape index (κ1) is 16.9. The lowest BCUT2D eigenvalue weighted by Crippen LogP contribution is -2.20. The summed E-state index contributed by atoms with van der Waals surface area (Å²) in [5.41, 5.74) is 1.12. The number of aryl methyl sites for hydroxylation is 1. The van der Waals surface area contributed by atoms with Crippen LogP contribution in [-0.2, 0) is 4.79 Å². The molecule has 0 bridgehead atoms. The number of ether oxygens (including phenoxy) is 1. The van der Waals surface area contributed by atoms with Crippen molar-refractivity contribution in [3.05, 3.63) is 56.8 Å². The van der Waals surface area contributed by atoms with E-state index in [0.717, 1.165) is 5.56 Å². The molecule has 22 heavy (non-hydrogen) atoms. The number of carbonyl (C=O) groups excluding carboxylic acids is 1. The maximum absolute atomic E-state index is 13.2. The molecule has 0 unspecified atom stereocenters. The molecule has 0 atom stereocenters. The summed E-state index contributed by atoms with van der Waals surface area (Å²) in [4.78, 5) is 11.9.